The molecule has 0 bridgehead atoms. The zero-order chi connectivity index (χ0) is 14.3. The topological polar surface area (TPSA) is 67.2 Å². The second-order valence-electron chi connectivity index (χ2n) is 5.25. The van der Waals surface area contributed by atoms with Crippen LogP contribution in [0.4, 0.5) is 5.95 Å². The highest BCUT2D eigenvalue weighted by Gasteiger charge is 2.29. The lowest BCUT2D eigenvalue weighted by atomic mass is 10.2. The van der Waals surface area contributed by atoms with Gasteiger partial charge >= 0.3 is 0 Å². The van der Waals surface area contributed by atoms with E-state index in [2.05, 4.69) is 26.2 Å². The van der Waals surface area contributed by atoms with Crippen LogP contribution in [0.1, 0.15) is 12.8 Å². The lowest BCUT2D eigenvalue weighted by molar-refractivity contribution is 0.164. The number of anilines is 1. The van der Waals surface area contributed by atoms with Crippen molar-refractivity contribution in [2.75, 3.05) is 11.9 Å². The van der Waals surface area contributed by atoms with Crippen molar-refractivity contribution in [3.63, 3.8) is 0 Å². The Bertz CT molecular complexity index is 709. The van der Waals surface area contributed by atoms with Crippen molar-refractivity contribution in [1.29, 1.82) is 0 Å². The highest BCUT2D eigenvalue weighted by Crippen LogP contribution is 2.32. The fourth-order valence-corrected chi connectivity index (χ4v) is 2.61. The summed E-state index contributed by atoms with van der Waals surface area (Å²) >= 11 is 3.36. The molecule has 0 amide bonds. The SMILES string of the molecule is Cn1c(NCC(O)C2CC2)nc2ccc(Br)cc2c1=O. The number of aromatic nitrogens is 2. The van der Waals surface area contributed by atoms with Crippen molar-refractivity contribution in [1.82, 2.24) is 9.55 Å². The van der Waals surface area contributed by atoms with E-state index in [0.29, 0.717) is 29.3 Å². The molecule has 0 aliphatic heterocycles. The van der Waals surface area contributed by atoms with Crippen LogP contribution in [0.5, 0.6) is 0 Å². The summed E-state index contributed by atoms with van der Waals surface area (Å²) in [5, 5.41) is 13.5. The third kappa shape index (κ3) is 2.58. The first-order valence-electron chi connectivity index (χ1n) is 6.64. The molecular weight excluding hydrogens is 322 g/mol. The van der Waals surface area contributed by atoms with Gasteiger partial charge in [-0.1, -0.05) is 15.9 Å². The van der Waals surface area contributed by atoms with E-state index in [-0.39, 0.29) is 11.7 Å². The van der Waals surface area contributed by atoms with Crippen LogP contribution in [0.3, 0.4) is 0 Å². The largest absolute Gasteiger partial charge is 0.391 e. The zero-order valence-corrected chi connectivity index (χ0v) is 12.7. The van der Waals surface area contributed by atoms with E-state index in [4.69, 9.17) is 0 Å². The van der Waals surface area contributed by atoms with Crippen LogP contribution < -0.4 is 10.9 Å². The van der Waals surface area contributed by atoms with Gasteiger partial charge in [0.15, 0.2) is 0 Å². The minimum Gasteiger partial charge on any atom is -0.391 e. The molecule has 2 aromatic rings. The molecule has 2 N–H and O–H groups in total. The van der Waals surface area contributed by atoms with Crippen LogP contribution >= 0.6 is 15.9 Å². The average molecular weight is 338 g/mol. The van der Waals surface area contributed by atoms with Gasteiger partial charge in [-0.25, -0.2) is 4.98 Å². The molecule has 0 spiro atoms. The quantitative estimate of drug-likeness (QED) is 0.893. The molecule has 0 saturated heterocycles. The van der Waals surface area contributed by atoms with Gasteiger partial charge < -0.3 is 10.4 Å². The zero-order valence-electron chi connectivity index (χ0n) is 11.1. The number of nitrogens with one attached hydrogen (secondary N) is 1. The van der Waals surface area contributed by atoms with Gasteiger partial charge in [-0.15, -0.1) is 0 Å². The van der Waals surface area contributed by atoms with Crippen molar-refractivity contribution in [3.05, 3.63) is 33.0 Å². The van der Waals surface area contributed by atoms with Crippen LogP contribution in [0.2, 0.25) is 0 Å². The normalized spacial score (nSPS) is 16.4. The Hall–Kier alpha value is -1.40. The molecule has 1 aromatic carbocycles. The van der Waals surface area contributed by atoms with Gasteiger partial charge in [-0.2, -0.15) is 0 Å². The smallest absolute Gasteiger partial charge is 0.262 e. The molecule has 1 aliphatic rings. The number of aliphatic hydroxyl groups excluding tert-OH is 1. The maximum absolute atomic E-state index is 12.3. The first-order valence-corrected chi connectivity index (χ1v) is 7.44. The fraction of sp³-hybridized carbons (Fsp3) is 0.429. The van der Waals surface area contributed by atoms with E-state index >= 15 is 0 Å². The molecule has 5 nitrogen and oxygen atoms in total. The molecule has 1 fully saturated rings. The first-order chi connectivity index (χ1) is 9.56. The van der Waals surface area contributed by atoms with Crippen molar-refractivity contribution < 1.29 is 5.11 Å². The molecule has 20 heavy (non-hydrogen) atoms. The summed E-state index contributed by atoms with van der Waals surface area (Å²) in [5.41, 5.74) is 0.555. The molecule has 3 rings (SSSR count). The third-order valence-corrected chi connectivity index (χ3v) is 4.17. The fourth-order valence-electron chi connectivity index (χ4n) is 2.24. The number of fused-ring (bicyclic) bond motifs is 1. The Labute approximate surface area is 124 Å². The molecule has 1 unspecified atom stereocenters. The number of hydrogen-bond acceptors (Lipinski definition) is 4. The summed E-state index contributed by atoms with van der Waals surface area (Å²) in [6.07, 6.45) is 1.80. The van der Waals surface area contributed by atoms with Gasteiger partial charge in [0.1, 0.15) is 0 Å². The summed E-state index contributed by atoms with van der Waals surface area (Å²) in [6.45, 7) is 0.424. The maximum atomic E-state index is 12.3. The Morgan fingerprint density at radius 1 is 1.55 bits per heavy atom. The first kappa shape index (κ1) is 13.6. The summed E-state index contributed by atoms with van der Waals surface area (Å²) < 4.78 is 2.34. The predicted molar refractivity (Wildman–Crippen MR) is 81.9 cm³/mol. The Morgan fingerprint density at radius 2 is 2.30 bits per heavy atom. The van der Waals surface area contributed by atoms with Gasteiger partial charge in [0, 0.05) is 18.1 Å². The van der Waals surface area contributed by atoms with E-state index in [1.807, 2.05) is 12.1 Å². The summed E-state index contributed by atoms with van der Waals surface area (Å²) in [6, 6.07) is 5.44. The minimum absolute atomic E-state index is 0.0975. The van der Waals surface area contributed by atoms with Crippen LogP contribution in [0.25, 0.3) is 10.9 Å². The van der Waals surface area contributed by atoms with Gasteiger partial charge in [0.2, 0.25) is 5.95 Å². The predicted octanol–water partition coefficient (Wildman–Crippen LogP) is 1.88. The number of rotatable bonds is 4. The number of nitrogens with zero attached hydrogens (tertiary/aromatic N) is 2. The monoisotopic (exact) mass is 337 g/mol. The number of aliphatic hydroxyl groups is 1. The molecule has 1 heterocycles. The summed E-state index contributed by atoms with van der Waals surface area (Å²) in [4.78, 5) is 16.7. The van der Waals surface area contributed by atoms with Crippen LogP contribution in [-0.4, -0.2) is 27.3 Å². The number of benzene rings is 1. The van der Waals surface area contributed by atoms with Gasteiger partial charge in [0.25, 0.3) is 5.56 Å². The highest BCUT2D eigenvalue weighted by molar-refractivity contribution is 9.10. The summed E-state index contributed by atoms with van der Waals surface area (Å²) in [5.74, 6) is 0.889. The standard InChI is InChI=1S/C14H16BrN3O2/c1-18-13(20)10-6-9(15)4-5-11(10)17-14(18)16-7-12(19)8-2-3-8/h4-6,8,12,19H,2-3,7H2,1H3,(H,16,17). The van der Waals surface area contributed by atoms with Crippen LogP contribution in [-0.2, 0) is 7.05 Å². The van der Waals surface area contributed by atoms with Crippen molar-refractivity contribution >= 4 is 32.8 Å². The lowest BCUT2D eigenvalue weighted by Gasteiger charge is -2.14. The molecule has 1 saturated carbocycles. The molecule has 1 aliphatic carbocycles. The summed E-state index contributed by atoms with van der Waals surface area (Å²) in [7, 11) is 1.68. The highest BCUT2D eigenvalue weighted by atomic mass is 79.9. The molecule has 1 aromatic heterocycles. The second-order valence-corrected chi connectivity index (χ2v) is 6.16. The van der Waals surface area contributed by atoms with Crippen molar-refractivity contribution in [2.45, 2.75) is 18.9 Å². The lowest BCUT2D eigenvalue weighted by Crippen LogP contribution is -2.27. The van der Waals surface area contributed by atoms with E-state index in [1.54, 1.807) is 13.1 Å². The van der Waals surface area contributed by atoms with E-state index in [1.165, 1.54) is 4.57 Å². The minimum atomic E-state index is -0.368. The van der Waals surface area contributed by atoms with E-state index in [9.17, 15) is 9.90 Å². The van der Waals surface area contributed by atoms with Gasteiger partial charge in [0.05, 0.1) is 17.0 Å². The van der Waals surface area contributed by atoms with Gasteiger partial charge in [-0.05, 0) is 37.0 Å². The van der Waals surface area contributed by atoms with E-state index in [0.717, 1.165) is 17.3 Å². The van der Waals surface area contributed by atoms with Crippen LogP contribution in [0, 0.1) is 5.92 Å². The molecular formula is C14H16BrN3O2. The average Bonchev–Trinajstić information content (AvgIpc) is 3.26. The third-order valence-electron chi connectivity index (χ3n) is 3.67. The van der Waals surface area contributed by atoms with Crippen molar-refractivity contribution in [2.24, 2.45) is 13.0 Å². The molecule has 0 radical (unpaired) electrons. The van der Waals surface area contributed by atoms with Crippen LogP contribution in [0.15, 0.2) is 27.5 Å². The maximum Gasteiger partial charge on any atom is 0.262 e. The van der Waals surface area contributed by atoms with E-state index < -0.39 is 0 Å². The second kappa shape index (κ2) is 5.18. The Morgan fingerprint density at radius 3 is 3.00 bits per heavy atom. The number of halogens is 1. The van der Waals surface area contributed by atoms with Gasteiger partial charge in [-0.3, -0.25) is 9.36 Å². The molecule has 106 valence electrons. The molecule has 1 atom stereocenters. The Kier molecular flexibility index (Phi) is 3.52. The number of hydrogen-bond donors (Lipinski definition) is 2. The van der Waals surface area contributed by atoms with Crippen molar-refractivity contribution in [3.8, 4) is 0 Å². The molecule has 6 heteroatoms. The Balaban J connectivity index is 1.92.